The number of fused-ring (bicyclic) bond motifs is 1. The summed E-state index contributed by atoms with van der Waals surface area (Å²) in [5, 5.41) is 12.0. The van der Waals surface area contributed by atoms with Gasteiger partial charge >= 0.3 is 0 Å². The zero-order valence-corrected chi connectivity index (χ0v) is 18.5. The number of rotatable bonds is 5. The third kappa shape index (κ3) is 3.82. The van der Waals surface area contributed by atoms with E-state index in [1.54, 1.807) is 34.8 Å². The fourth-order valence-corrected chi connectivity index (χ4v) is 3.64. The third-order valence-electron chi connectivity index (χ3n) is 5.46. The van der Waals surface area contributed by atoms with Crippen molar-refractivity contribution in [3.63, 3.8) is 0 Å². The van der Waals surface area contributed by atoms with Gasteiger partial charge in [0.05, 0.1) is 24.7 Å². The summed E-state index contributed by atoms with van der Waals surface area (Å²) in [6, 6.07) is 17.5. The van der Waals surface area contributed by atoms with E-state index in [4.69, 9.17) is 9.84 Å². The second-order valence-corrected chi connectivity index (χ2v) is 7.75. The van der Waals surface area contributed by atoms with E-state index in [1.165, 1.54) is 6.20 Å². The van der Waals surface area contributed by atoms with Crippen LogP contribution in [0.15, 0.2) is 73.2 Å². The Labute approximate surface area is 190 Å². The second kappa shape index (κ2) is 8.23. The molecule has 0 fully saturated rings. The SMILES string of the molecule is COc1cc(-c2cc(NC(=O)c3cnn4cccnc34)n(-c3ccc(C)cc3)n2)ccc1C. The molecule has 0 atom stereocenters. The number of hydrogen-bond acceptors (Lipinski definition) is 5. The molecule has 8 heteroatoms. The number of nitrogens with one attached hydrogen (secondary N) is 1. The van der Waals surface area contributed by atoms with Crippen LogP contribution in [0, 0.1) is 13.8 Å². The fraction of sp³-hybridized carbons (Fsp3) is 0.120. The first-order valence-corrected chi connectivity index (χ1v) is 10.5. The normalized spacial score (nSPS) is 11.0. The van der Waals surface area contributed by atoms with Crippen LogP contribution < -0.4 is 10.1 Å². The number of amides is 1. The van der Waals surface area contributed by atoms with Crippen LogP contribution in [0.4, 0.5) is 5.82 Å². The molecule has 0 saturated carbocycles. The molecule has 0 spiro atoms. The summed E-state index contributed by atoms with van der Waals surface area (Å²) >= 11 is 0. The molecule has 2 aromatic carbocycles. The maximum Gasteiger partial charge on any atom is 0.262 e. The smallest absolute Gasteiger partial charge is 0.262 e. The van der Waals surface area contributed by atoms with Crippen molar-refractivity contribution in [2.75, 3.05) is 12.4 Å². The van der Waals surface area contributed by atoms with Gasteiger partial charge in [-0.25, -0.2) is 14.2 Å². The minimum atomic E-state index is -0.315. The lowest BCUT2D eigenvalue weighted by atomic mass is 10.1. The van der Waals surface area contributed by atoms with Gasteiger partial charge in [-0.1, -0.05) is 29.8 Å². The Bertz CT molecular complexity index is 1470. The number of methoxy groups -OCH3 is 1. The van der Waals surface area contributed by atoms with E-state index in [0.29, 0.717) is 22.7 Å². The van der Waals surface area contributed by atoms with Crippen LogP contribution in [0.2, 0.25) is 0 Å². The maximum atomic E-state index is 13.2. The molecule has 0 unspecified atom stereocenters. The Morgan fingerprint density at radius 1 is 1.06 bits per heavy atom. The largest absolute Gasteiger partial charge is 0.496 e. The summed E-state index contributed by atoms with van der Waals surface area (Å²) in [5.74, 6) is 0.999. The van der Waals surface area contributed by atoms with Crippen molar-refractivity contribution in [1.29, 1.82) is 0 Å². The molecule has 5 aromatic rings. The zero-order valence-electron chi connectivity index (χ0n) is 18.5. The van der Waals surface area contributed by atoms with Gasteiger partial charge in [0, 0.05) is 24.0 Å². The lowest BCUT2D eigenvalue weighted by molar-refractivity contribution is 0.102. The summed E-state index contributed by atoms with van der Waals surface area (Å²) in [5.41, 5.74) is 5.47. The van der Waals surface area contributed by atoms with E-state index < -0.39 is 0 Å². The van der Waals surface area contributed by atoms with Crippen LogP contribution in [0.5, 0.6) is 5.75 Å². The highest BCUT2D eigenvalue weighted by Crippen LogP contribution is 2.29. The highest BCUT2D eigenvalue weighted by atomic mass is 16.5. The van der Waals surface area contributed by atoms with Crippen LogP contribution in [-0.2, 0) is 0 Å². The van der Waals surface area contributed by atoms with Gasteiger partial charge in [-0.15, -0.1) is 0 Å². The van der Waals surface area contributed by atoms with Gasteiger partial charge in [0.25, 0.3) is 5.91 Å². The van der Waals surface area contributed by atoms with Crippen molar-refractivity contribution in [3.8, 4) is 22.7 Å². The summed E-state index contributed by atoms with van der Waals surface area (Å²) in [6.45, 7) is 4.02. The highest BCUT2D eigenvalue weighted by Gasteiger charge is 2.18. The number of ether oxygens (including phenoxy) is 1. The average Bonchev–Trinajstić information content (AvgIpc) is 3.44. The second-order valence-electron chi connectivity index (χ2n) is 7.75. The monoisotopic (exact) mass is 438 g/mol. The molecule has 0 aliphatic carbocycles. The van der Waals surface area contributed by atoms with Gasteiger partial charge < -0.3 is 10.1 Å². The molecule has 8 nitrogen and oxygen atoms in total. The lowest BCUT2D eigenvalue weighted by Crippen LogP contribution is -2.15. The summed E-state index contributed by atoms with van der Waals surface area (Å²) in [7, 11) is 1.65. The molecule has 33 heavy (non-hydrogen) atoms. The van der Waals surface area contributed by atoms with E-state index in [2.05, 4.69) is 15.4 Å². The highest BCUT2D eigenvalue weighted by molar-refractivity contribution is 6.08. The van der Waals surface area contributed by atoms with Crippen LogP contribution in [-0.4, -0.2) is 37.4 Å². The molecule has 1 N–H and O–H groups in total. The molecule has 164 valence electrons. The van der Waals surface area contributed by atoms with Gasteiger partial charge in [0.2, 0.25) is 0 Å². The Kier molecular flexibility index (Phi) is 5.10. The molecule has 3 heterocycles. The van der Waals surface area contributed by atoms with Crippen molar-refractivity contribution in [1.82, 2.24) is 24.4 Å². The van der Waals surface area contributed by atoms with Gasteiger partial charge in [-0.3, -0.25) is 4.79 Å². The van der Waals surface area contributed by atoms with Gasteiger partial charge in [0.15, 0.2) is 5.65 Å². The predicted octanol–water partition coefficient (Wildman–Crippen LogP) is 4.46. The molecule has 1 amide bonds. The van der Waals surface area contributed by atoms with Gasteiger partial charge in [0.1, 0.15) is 17.1 Å². The maximum absolute atomic E-state index is 13.2. The van der Waals surface area contributed by atoms with E-state index >= 15 is 0 Å². The van der Waals surface area contributed by atoms with E-state index in [0.717, 1.165) is 28.1 Å². The van der Waals surface area contributed by atoms with Crippen molar-refractivity contribution < 1.29 is 9.53 Å². The molecule has 5 rings (SSSR count). The summed E-state index contributed by atoms with van der Waals surface area (Å²) in [4.78, 5) is 17.4. The van der Waals surface area contributed by atoms with Gasteiger partial charge in [-0.2, -0.15) is 10.2 Å². The number of carbonyl (C=O) groups is 1. The first-order valence-electron chi connectivity index (χ1n) is 10.5. The third-order valence-corrected chi connectivity index (χ3v) is 5.46. The first kappa shape index (κ1) is 20.4. The van der Waals surface area contributed by atoms with Crippen LogP contribution in [0.1, 0.15) is 21.5 Å². The number of aryl methyl sites for hydroxylation is 2. The molecule has 0 saturated heterocycles. The number of aromatic nitrogens is 5. The van der Waals surface area contributed by atoms with Gasteiger partial charge in [-0.05, 0) is 43.7 Å². The minimum Gasteiger partial charge on any atom is -0.496 e. The Morgan fingerprint density at radius 3 is 2.67 bits per heavy atom. The average molecular weight is 438 g/mol. The Morgan fingerprint density at radius 2 is 1.88 bits per heavy atom. The zero-order chi connectivity index (χ0) is 22.9. The fourth-order valence-electron chi connectivity index (χ4n) is 3.64. The Balaban J connectivity index is 1.57. The molecule has 0 aliphatic rings. The number of nitrogens with zero attached hydrogens (tertiary/aromatic N) is 5. The molecular weight excluding hydrogens is 416 g/mol. The summed E-state index contributed by atoms with van der Waals surface area (Å²) < 4.78 is 8.76. The van der Waals surface area contributed by atoms with Crippen molar-refractivity contribution >= 4 is 17.4 Å². The quantitative estimate of drug-likeness (QED) is 0.438. The van der Waals surface area contributed by atoms with E-state index in [1.807, 2.05) is 62.4 Å². The summed E-state index contributed by atoms with van der Waals surface area (Å²) in [6.07, 6.45) is 4.89. The number of benzene rings is 2. The van der Waals surface area contributed by atoms with E-state index in [9.17, 15) is 4.79 Å². The number of carbonyl (C=O) groups excluding carboxylic acids is 1. The van der Waals surface area contributed by atoms with Crippen LogP contribution in [0.25, 0.3) is 22.6 Å². The topological polar surface area (TPSA) is 86.3 Å². The van der Waals surface area contributed by atoms with Crippen molar-refractivity contribution in [2.24, 2.45) is 0 Å². The molecular formula is C25H22N6O2. The predicted molar refractivity (Wildman–Crippen MR) is 126 cm³/mol. The number of anilines is 1. The first-order chi connectivity index (χ1) is 16.0. The molecule has 0 radical (unpaired) electrons. The standard InChI is InChI=1S/C25H22N6O2/c1-16-5-9-19(10-6-16)31-23(14-21(29-31)18-8-7-17(2)22(13-18)33-3)28-25(32)20-15-27-30-12-4-11-26-24(20)30/h4-15H,1-3H3,(H,28,32). The molecule has 0 bridgehead atoms. The lowest BCUT2D eigenvalue weighted by Gasteiger charge is -2.09. The molecule has 0 aliphatic heterocycles. The minimum absolute atomic E-state index is 0.315. The van der Waals surface area contributed by atoms with E-state index in [-0.39, 0.29) is 5.91 Å². The molecule has 3 aromatic heterocycles. The van der Waals surface area contributed by atoms with Crippen molar-refractivity contribution in [2.45, 2.75) is 13.8 Å². The Hall–Kier alpha value is -4.46. The van der Waals surface area contributed by atoms with Crippen LogP contribution in [0.3, 0.4) is 0 Å². The van der Waals surface area contributed by atoms with Crippen molar-refractivity contribution in [3.05, 3.63) is 89.9 Å². The van der Waals surface area contributed by atoms with Crippen LogP contribution >= 0.6 is 0 Å². The number of hydrogen-bond donors (Lipinski definition) is 1.